The van der Waals surface area contributed by atoms with Crippen LogP contribution in [0.2, 0.25) is 0 Å². The fraction of sp³-hybridized carbons (Fsp3) is 0.429. The van der Waals surface area contributed by atoms with Crippen molar-refractivity contribution in [2.75, 3.05) is 6.61 Å². The molecule has 1 N–H and O–H groups in total. The molecule has 0 atom stereocenters. The Labute approximate surface area is 92.2 Å². The van der Waals surface area contributed by atoms with Crippen LogP contribution in [0.3, 0.4) is 0 Å². The number of esters is 1. The number of carboxylic acid groups (broad SMARTS) is 1. The van der Waals surface area contributed by atoms with Gasteiger partial charge in [-0.15, -0.1) is 0 Å². The highest BCUT2D eigenvalue weighted by molar-refractivity contribution is 9.24. The molecule has 0 radical (unpaired) electrons. The SMILES string of the molecule is O=C(O)C=CC(=O)OCCC(Br)Br. The number of carboxylic acids is 1. The van der Waals surface area contributed by atoms with Crippen molar-refractivity contribution in [3.63, 3.8) is 0 Å². The van der Waals surface area contributed by atoms with Crippen LogP contribution in [0.25, 0.3) is 0 Å². The molecule has 0 amide bonds. The first-order chi connectivity index (χ1) is 6.02. The van der Waals surface area contributed by atoms with E-state index in [1.54, 1.807) is 0 Å². The van der Waals surface area contributed by atoms with Gasteiger partial charge in [0.2, 0.25) is 0 Å². The summed E-state index contributed by atoms with van der Waals surface area (Å²) in [4.78, 5) is 20.7. The van der Waals surface area contributed by atoms with Gasteiger partial charge in [0.1, 0.15) is 0 Å². The maximum atomic E-state index is 10.7. The van der Waals surface area contributed by atoms with Gasteiger partial charge < -0.3 is 9.84 Å². The third-order valence-corrected chi connectivity index (χ3v) is 1.86. The van der Waals surface area contributed by atoms with Gasteiger partial charge in [0.25, 0.3) is 0 Å². The molecular formula is C7H8Br2O4. The standard InChI is InChI=1S/C7H8Br2O4/c8-5(9)3-4-13-7(12)2-1-6(10)11/h1-2,5H,3-4H2,(H,10,11). The van der Waals surface area contributed by atoms with Crippen LogP contribution in [0, 0.1) is 0 Å². The van der Waals surface area contributed by atoms with Crippen LogP contribution in [-0.4, -0.2) is 27.4 Å². The molecule has 0 aliphatic heterocycles. The van der Waals surface area contributed by atoms with E-state index in [0.29, 0.717) is 6.42 Å². The lowest BCUT2D eigenvalue weighted by molar-refractivity contribution is -0.138. The third kappa shape index (κ3) is 9.55. The van der Waals surface area contributed by atoms with Crippen LogP contribution in [0.5, 0.6) is 0 Å². The molecule has 0 heterocycles. The molecule has 74 valence electrons. The molecule has 0 aromatic rings. The van der Waals surface area contributed by atoms with Gasteiger partial charge in [0.05, 0.1) is 10.3 Å². The zero-order chi connectivity index (χ0) is 10.3. The van der Waals surface area contributed by atoms with Gasteiger partial charge in [-0.2, -0.15) is 0 Å². The molecule has 0 saturated carbocycles. The van der Waals surface area contributed by atoms with Gasteiger partial charge >= 0.3 is 11.9 Å². The van der Waals surface area contributed by atoms with E-state index < -0.39 is 11.9 Å². The second-order valence-electron chi connectivity index (χ2n) is 2.02. The highest BCUT2D eigenvalue weighted by atomic mass is 79.9. The summed E-state index contributed by atoms with van der Waals surface area (Å²) in [6, 6.07) is 0. The van der Waals surface area contributed by atoms with Crippen molar-refractivity contribution in [3.8, 4) is 0 Å². The van der Waals surface area contributed by atoms with E-state index in [2.05, 4.69) is 36.6 Å². The number of ether oxygens (including phenoxy) is 1. The number of alkyl halides is 2. The minimum atomic E-state index is -1.17. The first-order valence-corrected chi connectivity index (χ1v) is 5.21. The fourth-order valence-corrected chi connectivity index (χ4v) is 0.810. The van der Waals surface area contributed by atoms with E-state index in [-0.39, 0.29) is 10.3 Å². The number of rotatable bonds is 5. The molecule has 6 heteroatoms. The van der Waals surface area contributed by atoms with E-state index in [4.69, 9.17) is 5.11 Å². The van der Waals surface area contributed by atoms with E-state index in [1.165, 1.54) is 0 Å². The summed E-state index contributed by atoms with van der Waals surface area (Å²) in [5, 5.41) is 8.17. The Morgan fingerprint density at radius 2 is 2.00 bits per heavy atom. The lowest BCUT2D eigenvalue weighted by Crippen LogP contribution is -2.05. The molecule has 0 fully saturated rings. The minimum Gasteiger partial charge on any atom is -0.478 e. The first-order valence-electron chi connectivity index (χ1n) is 3.38. The molecular weight excluding hydrogens is 308 g/mol. The van der Waals surface area contributed by atoms with Crippen LogP contribution >= 0.6 is 31.9 Å². The van der Waals surface area contributed by atoms with E-state index in [1.807, 2.05) is 0 Å². The largest absolute Gasteiger partial charge is 0.478 e. The summed E-state index contributed by atoms with van der Waals surface area (Å²) in [5.74, 6) is -1.82. The number of hydrogen-bond donors (Lipinski definition) is 1. The molecule has 0 aliphatic carbocycles. The highest BCUT2D eigenvalue weighted by Crippen LogP contribution is 2.11. The smallest absolute Gasteiger partial charge is 0.331 e. The third-order valence-electron chi connectivity index (χ3n) is 0.942. The van der Waals surface area contributed by atoms with Crippen molar-refractivity contribution in [3.05, 3.63) is 12.2 Å². The molecule has 0 rings (SSSR count). The Hall–Kier alpha value is -0.360. The molecule has 0 spiro atoms. The lowest BCUT2D eigenvalue weighted by Gasteiger charge is -2.01. The molecule has 0 aromatic heterocycles. The maximum absolute atomic E-state index is 10.7. The topological polar surface area (TPSA) is 63.6 Å². The van der Waals surface area contributed by atoms with Gasteiger partial charge in [0, 0.05) is 18.6 Å². The van der Waals surface area contributed by atoms with E-state index in [9.17, 15) is 9.59 Å². The summed E-state index contributed by atoms with van der Waals surface area (Å²) in [6.45, 7) is 0.240. The second kappa shape index (κ2) is 7.08. The van der Waals surface area contributed by atoms with Crippen molar-refractivity contribution >= 4 is 43.8 Å². The van der Waals surface area contributed by atoms with Gasteiger partial charge in [-0.3, -0.25) is 0 Å². The van der Waals surface area contributed by atoms with Crippen molar-refractivity contribution < 1.29 is 19.4 Å². The van der Waals surface area contributed by atoms with E-state index >= 15 is 0 Å². The number of aliphatic carboxylic acids is 1. The predicted molar refractivity (Wildman–Crippen MR) is 54.0 cm³/mol. The molecule has 0 unspecified atom stereocenters. The fourth-order valence-electron chi connectivity index (χ4n) is 0.436. The molecule has 0 aromatic carbocycles. The van der Waals surface area contributed by atoms with Crippen molar-refractivity contribution in [1.82, 2.24) is 0 Å². The van der Waals surface area contributed by atoms with Crippen LogP contribution in [0.15, 0.2) is 12.2 Å². The Balaban J connectivity index is 3.58. The number of carbonyl (C=O) groups is 2. The van der Waals surface area contributed by atoms with Crippen LogP contribution in [0.1, 0.15) is 6.42 Å². The normalized spacial score (nSPS) is 10.7. The zero-order valence-corrected chi connectivity index (χ0v) is 9.75. The monoisotopic (exact) mass is 314 g/mol. The van der Waals surface area contributed by atoms with Gasteiger partial charge in [-0.25, -0.2) is 9.59 Å². The average Bonchev–Trinajstić information content (AvgIpc) is 2.00. The highest BCUT2D eigenvalue weighted by Gasteiger charge is 2.01. The molecule has 0 aliphatic rings. The Kier molecular flexibility index (Phi) is 6.89. The Morgan fingerprint density at radius 1 is 1.38 bits per heavy atom. The molecule has 0 saturated heterocycles. The summed E-state index contributed by atoms with van der Waals surface area (Å²) in [7, 11) is 0. The summed E-state index contributed by atoms with van der Waals surface area (Å²) < 4.78 is 4.75. The van der Waals surface area contributed by atoms with Crippen molar-refractivity contribution in [1.29, 1.82) is 0 Å². The number of hydrogen-bond acceptors (Lipinski definition) is 3. The van der Waals surface area contributed by atoms with Gasteiger partial charge in [0.15, 0.2) is 0 Å². The average molecular weight is 316 g/mol. The molecule has 0 bridgehead atoms. The zero-order valence-electron chi connectivity index (χ0n) is 6.57. The summed E-state index contributed by atoms with van der Waals surface area (Å²) in [6.07, 6.45) is 2.23. The second-order valence-corrected chi connectivity index (χ2v) is 5.46. The summed E-state index contributed by atoms with van der Waals surface area (Å²) in [5.41, 5.74) is 0. The maximum Gasteiger partial charge on any atom is 0.331 e. The van der Waals surface area contributed by atoms with Crippen LogP contribution in [0.4, 0.5) is 0 Å². The Morgan fingerprint density at radius 3 is 2.46 bits per heavy atom. The summed E-state index contributed by atoms with van der Waals surface area (Å²) >= 11 is 6.40. The first kappa shape index (κ1) is 12.6. The number of carbonyl (C=O) groups excluding carboxylic acids is 1. The number of halogens is 2. The van der Waals surface area contributed by atoms with E-state index in [0.717, 1.165) is 12.2 Å². The van der Waals surface area contributed by atoms with Crippen molar-refractivity contribution in [2.45, 2.75) is 10.2 Å². The van der Waals surface area contributed by atoms with Crippen molar-refractivity contribution in [2.24, 2.45) is 0 Å². The Bertz CT molecular complexity index is 213. The molecule has 13 heavy (non-hydrogen) atoms. The lowest BCUT2D eigenvalue weighted by atomic mass is 10.5. The quantitative estimate of drug-likeness (QED) is 0.476. The van der Waals surface area contributed by atoms with Gasteiger partial charge in [-0.05, 0) is 0 Å². The van der Waals surface area contributed by atoms with Crippen LogP contribution < -0.4 is 0 Å². The molecule has 4 nitrogen and oxygen atoms in total. The minimum absolute atomic E-state index is 0.0938. The van der Waals surface area contributed by atoms with Crippen LogP contribution in [-0.2, 0) is 14.3 Å². The predicted octanol–water partition coefficient (Wildman–Crippen LogP) is 1.68. The van der Waals surface area contributed by atoms with Gasteiger partial charge in [-0.1, -0.05) is 31.9 Å².